The van der Waals surface area contributed by atoms with Crippen LogP contribution in [0.4, 0.5) is 11.4 Å². The van der Waals surface area contributed by atoms with Crippen molar-refractivity contribution in [3.63, 3.8) is 0 Å². The first-order chi connectivity index (χ1) is 9.51. The van der Waals surface area contributed by atoms with Crippen LogP contribution in [-0.2, 0) is 4.74 Å². The van der Waals surface area contributed by atoms with E-state index in [1.807, 2.05) is 7.05 Å². The van der Waals surface area contributed by atoms with Crippen molar-refractivity contribution >= 4 is 17.3 Å². The number of anilines is 1. The zero-order chi connectivity index (χ0) is 14.7. The van der Waals surface area contributed by atoms with Gasteiger partial charge in [-0.25, -0.2) is 4.79 Å². The van der Waals surface area contributed by atoms with Crippen molar-refractivity contribution in [3.05, 3.63) is 33.9 Å². The number of carbonyl (C=O) groups is 1. The summed E-state index contributed by atoms with van der Waals surface area (Å²) in [5, 5.41) is 14.2. The molecule has 1 aliphatic heterocycles. The van der Waals surface area contributed by atoms with Crippen LogP contribution in [0.25, 0.3) is 0 Å². The number of likely N-dealkylation sites (N-methyl/N-ethyl adjacent to an activating group) is 1. The zero-order valence-electron chi connectivity index (χ0n) is 11.5. The van der Waals surface area contributed by atoms with E-state index in [1.54, 1.807) is 0 Å². The first kappa shape index (κ1) is 14.3. The molecule has 0 radical (unpaired) electrons. The molecule has 1 heterocycles. The molecule has 1 aromatic rings. The number of nitro benzene ring substituents is 1. The molecule has 0 spiro atoms. The molecule has 0 aliphatic carbocycles. The molecule has 1 unspecified atom stereocenters. The van der Waals surface area contributed by atoms with Gasteiger partial charge in [0.05, 0.1) is 17.6 Å². The van der Waals surface area contributed by atoms with Crippen LogP contribution in [0.3, 0.4) is 0 Å². The van der Waals surface area contributed by atoms with Crippen LogP contribution in [0.1, 0.15) is 16.8 Å². The Labute approximate surface area is 116 Å². The van der Waals surface area contributed by atoms with Crippen molar-refractivity contribution < 1.29 is 14.5 Å². The van der Waals surface area contributed by atoms with E-state index in [0.29, 0.717) is 11.3 Å². The van der Waals surface area contributed by atoms with Gasteiger partial charge in [0, 0.05) is 18.7 Å². The third-order valence-electron chi connectivity index (χ3n) is 3.37. The highest BCUT2D eigenvalue weighted by molar-refractivity contribution is 5.91. The number of carbonyl (C=O) groups excluding carboxylic acids is 1. The Morgan fingerprint density at radius 3 is 2.85 bits per heavy atom. The van der Waals surface area contributed by atoms with E-state index < -0.39 is 10.9 Å². The normalized spacial score (nSPS) is 18.8. The van der Waals surface area contributed by atoms with Gasteiger partial charge >= 0.3 is 5.97 Å². The molecule has 1 aliphatic rings. The Morgan fingerprint density at radius 1 is 1.55 bits per heavy atom. The number of likely N-dealkylation sites (tertiary alicyclic amines) is 1. The van der Waals surface area contributed by atoms with E-state index in [9.17, 15) is 14.9 Å². The van der Waals surface area contributed by atoms with E-state index in [2.05, 4.69) is 15.0 Å². The smallest absolute Gasteiger partial charge is 0.337 e. The number of nitrogens with zero attached hydrogens (tertiary/aromatic N) is 2. The van der Waals surface area contributed by atoms with Gasteiger partial charge < -0.3 is 15.0 Å². The maximum absolute atomic E-state index is 11.5. The van der Waals surface area contributed by atoms with Crippen molar-refractivity contribution in [3.8, 4) is 0 Å². The lowest BCUT2D eigenvalue weighted by Gasteiger charge is -2.15. The van der Waals surface area contributed by atoms with Gasteiger partial charge in [-0.1, -0.05) is 0 Å². The van der Waals surface area contributed by atoms with E-state index in [0.717, 1.165) is 19.5 Å². The van der Waals surface area contributed by atoms with E-state index in [-0.39, 0.29) is 11.7 Å². The van der Waals surface area contributed by atoms with Crippen molar-refractivity contribution in [2.24, 2.45) is 0 Å². The van der Waals surface area contributed by atoms with Crippen molar-refractivity contribution in [1.29, 1.82) is 0 Å². The van der Waals surface area contributed by atoms with Crippen LogP contribution < -0.4 is 5.32 Å². The predicted octanol–water partition coefficient (Wildman–Crippen LogP) is 1.50. The summed E-state index contributed by atoms with van der Waals surface area (Å²) < 4.78 is 4.63. The number of ether oxygens (including phenoxy) is 1. The average molecular weight is 279 g/mol. The summed E-state index contributed by atoms with van der Waals surface area (Å²) in [6.45, 7) is 1.77. The maximum atomic E-state index is 11.5. The molecule has 0 amide bonds. The van der Waals surface area contributed by atoms with Gasteiger partial charge in [0.1, 0.15) is 5.69 Å². The second-order valence-corrected chi connectivity index (χ2v) is 4.87. The Balaban J connectivity index is 2.27. The number of rotatable bonds is 4. The number of nitro groups is 1. The topological polar surface area (TPSA) is 84.7 Å². The molecule has 7 heteroatoms. The molecule has 2 rings (SSSR count). The molecular weight excluding hydrogens is 262 g/mol. The molecule has 108 valence electrons. The van der Waals surface area contributed by atoms with Gasteiger partial charge in [0.15, 0.2) is 0 Å². The minimum absolute atomic E-state index is 0.0350. The fourth-order valence-electron chi connectivity index (χ4n) is 2.33. The molecular formula is C13H17N3O4. The van der Waals surface area contributed by atoms with Gasteiger partial charge in [-0.3, -0.25) is 10.1 Å². The fourth-order valence-corrected chi connectivity index (χ4v) is 2.33. The quantitative estimate of drug-likeness (QED) is 0.510. The molecule has 1 aromatic carbocycles. The summed E-state index contributed by atoms with van der Waals surface area (Å²) in [5.41, 5.74) is 0.623. The molecule has 7 nitrogen and oxygen atoms in total. The van der Waals surface area contributed by atoms with Crippen LogP contribution in [0.15, 0.2) is 18.2 Å². The van der Waals surface area contributed by atoms with Crippen LogP contribution in [0, 0.1) is 10.1 Å². The Kier molecular flexibility index (Phi) is 4.19. The van der Waals surface area contributed by atoms with Crippen LogP contribution in [-0.4, -0.2) is 49.1 Å². The molecule has 1 saturated heterocycles. The summed E-state index contributed by atoms with van der Waals surface area (Å²) in [5.74, 6) is -0.508. The average Bonchev–Trinajstić information content (AvgIpc) is 2.82. The van der Waals surface area contributed by atoms with E-state index in [4.69, 9.17) is 0 Å². The third-order valence-corrected chi connectivity index (χ3v) is 3.37. The van der Waals surface area contributed by atoms with Gasteiger partial charge in [0.25, 0.3) is 5.69 Å². The molecule has 1 atom stereocenters. The van der Waals surface area contributed by atoms with Crippen LogP contribution in [0.5, 0.6) is 0 Å². The van der Waals surface area contributed by atoms with Crippen LogP contribution >= 0.6 is 0 Å². The molecule has 1 fully saturated rings. The Morgan fingerprint density at radius 2 is 2.30 bits per heavy atom. The second kappa shape index (κ2) is 5.87. The molecule has 0 saturated carbocycles. The summed E-state index contributed by atoms with van der Waals surface area (Å²) >= 11 is 0. The van der Waals surface area contributed by atoms with Crippen molar-refractivity contribution in [1.82, 2.24) is 4.90 Å². The summed E-state index contributed by atoms with van der Waals surface area (Å²) in [6, 6.07) is 4.34. The number of esters is 1. The molecule has 20 heavy (non-hydrogen) atoms. The molecule has 0 bridgehead atoms. The first-order valence-electron chi connectivity index (χ1n) is 6.33. The highest BCUT2D eigenvalue weighted by atomic mass is 16.6. The van der Waals surface area contributed by atoms with Crippen molar-refractivity contribution in [2.45, 2.75) is 12.5 Å². The van der Waals surface area contributed by atoms with Gasteiger partial charge in [-0.2, -0.15) is 0 Å². The highest BCUT2D eigenvalue weighted by Crippen LogP contribution is 2.27. The minimum atomic E-state index is -0.508. The van der Waals surface area contributed by atoms with E-state index in [1.165, 1.54) is 25.3 Å². The molecule has 1 N–H and O–H groups in total. The predicted molar refractivity (Wildman–Crippen MR) is 74.0 cm³/mol. The highest BCUT2D eigenvalue weighted by Gasteiger charge is 2.23. The van der Waals surface area contributed by atoms with Crippen LogP contribution in [0.2, 0.25) is 0 Å². The summed E-state index contributed by atoms with van der Waals surface area (Å²) in [4.78, 5) is 24.2. The fraction of sp³-hybridized carbons (Fsp3) is 0.462. The lowest BCUT2D eigenvalue weighted by atomic mass is 10.1. The van der Waals surface area contributed by atoms with Crippen molar-refractivity contribution in [2.75, 3.05) is 32.6 Å². The van der Waals surface area contributed by atoms with Gasteiger partial charge in [-0.05, 0) is 32.1 Å². The summed E-state index contributed by atoms with van der Waals surface area (Å²) in [6.07, 6.45) is 0.913. The largest absolute Gasteiger partial charge is 0.465 e. The van der Waals surface area contributed by atoms with E-state index >= 15 is 0 Å². The number of methoxy groups -OCH3 is 1. The van der Waals surface area contributed by atoms with Gasteiger partial charge in [0.2, 0.25) is 0 Å². The SMILES string of the molecule is COC(=O)c1ccc([N+](=O)[O-])c(NC2CCN(C)C2)c1. The lowest BCUT2D eigenvalue weighted by molar-refractivity contribution is -0.384. The summed E-state index contributed by atoms with van der Waals surface area (Å²) in [7, 11) is 3.28. The van der Waals surface area contributed by atoms with Gasteiger partial charge in [-0.15, -0.1) is 0 Å². The monoisotopic (exact) mass is 279 g/mol. The first-order valence-corrected chi connectivity index (χ1v) is 6.33. The maximum Gasteiger partial charge on any atom is 0.337 e. The number of hydrogen-bond acceptors (Lipinski definition) is 6. The number of hydrogen-bond donors (Lipinski definition) is 1. The number of benzene rings is 1. The Bertz CT molecular complexity index is 532. The number of nitrogens with one attached hydrogen (secondary N) is 1. The third kappa shape index (κ3) is 3.05. The zero-order valence-corrected chi connectivity index (χ0v) is 11.5. The Hall–Kier alpha value is -2.15. The molecule has 0 aromatic heterocycles. The second-order valence-electron chi connectivity index (χ2n) is 4.87. The lowest BCUT2D eigenvalue weighted by Crippen LogP contribution is -2.24. The standard InChI is InChI=1S/C13H17N3O4/c1-15-6-5-10(8-15)14-11-7-9(13(17)20-2)3-4-12(11)16(18)19/h3-4,7,10,14H,5-6,8H2,1-2H3. The minimum Gasteiger partial charge on any atom is -0.465 e.